The van der Waals surface area contributed by atoms with E-state index in [0.29, 0.717) is 25.7 Å². The van der Waals surface area contributed by atoms with Gasteiger partial charge in [-0.2, -0.15) is 0 Å². The van der Waals surface area contributed by atoms with Gasteiger partial charge in [0.1, 0.15) is 0 Å². The molecule has 2 N–H and O–H groups in total. The van der Waals surface area contributed by atoms with Crippen LogP contribution in [0.4, 0.5) is 0 Å². The van der Waals surface area contributed by atoms with Crippen molar-refractivity contribution in [2.75, 3.05) is 0 Å². The summed E-state index contributed by atoms with van der Waals surface area (Å²) in [5.41, 5.74) is -3.02. The molecule has 0 aliphatic carbocycles. The van der Waals surface area contributed by atoms with Crippen LogP contribution in [0.25, 0.3) is 0 Å². The molecule has 0 bridgehead atoms. The summed E-state index contributed by atoms with van der Waals surface area (Å²) >= 11 is 0. The summed E-state index contributed by atoms with van der Waals surface area (Å²) in [5.74, 6) is -3.82. The van der Waals surface area contributed by atoms with Gasteiger partial charge in [-0.1, -0.05) is 168 Å². The van der Waals surface area contributed by atoms with Gasteiger partial charge in [-0.3, -0.25) is 9.59 Å². The van der Waals surface area contributed by atoms with E-state index in [9.17, 15) is 34.1 Å². The van der Waals surface area contributed by atoms with E-state index in [1.54, 1.807) is 0 Å². The maximum absolute atomic E-state index is 13.1. The number of aliphatic carboxylic acids is 1. The van der Waals surface area contributed by atoms with Gasteiger partial charge in [0, 0.05) is 12.8 Å². The SMILES string of the molecule is CCCCCCCCCCCCCCCC(=O)C(O)(C(=O)CCCCCCCCCCCCCCC)C(O[P+](=O)[O-])C(=O)O. The Balaban J connectivity index is 4.50. The van der Waals surface area contributed by atoms with Crippen molar-refractivity contribution in [3.05, 3.63) is 0 Å². The smallest absolute Gasteiger partial charge is 0.489 e. The highest BCUT2D eigenvalue weighted by Crippen LogP contribution is 2.29. The first-order valence-corrected chi connectivity index (χ1v) is 19.1. The van der Waals surface area contributed by atoms with Crippen LogP contribution in [0.2, 0.25) is 0 Å². The van der Waals surface area contributed by atoms with Crippen molar-refractivity contribution < 1.29 is 38.6 Å². The molecule has 0 aromatic carbocycles. The summed E-state index contributed by atoms with van der Waals surface area (Å²) < 4.78 is 15.6. The van der Waals surface area contributed by atoms with Gasteiger partial charge < -0.3 is 15.1 Å². The van der Waals surface area contributed by atoms with E-state index >= 15 is 0 Å². The average Bonchev–Trinajstić information content (AvgIpc) is 2.99. The molecule has 0 spiro atoms. The fourth-order valence-electron chi connectivity index (χ4n) is 5.82. The monoisotopic (exact) mass is 644 g/mol. The number of hydrogen-bond donors (Lipinski definition) is 2. The third-order valence-electron chi connectivity index (χ3n) is 8.66. The van der Waals surface area contributed by atoms with Crippen molar-refractivity contribution in [3.8, 4) is 0 Å². The molecule has 0 heterocycles. The van der Waals surface area contributed by atoms with Gasteiger partial charge in [0.2, 0.25) is 5.60 Å². The van der Waals surface area contributed by atoms with Crippen molar-refractivity contribution in [3.63, 3.8) is 0 Å². The van der Waals surface area contributed by atoms with Crippen molar-refractivity contribution >= 4 is 25.8 Å². The van der Waals surface area contributed by atoms with Crippen LogP contribution in [-0.2, 0) is 23.5 Å². The molecular formula is C35H65O8P. The number of carboxylic acid groups (broad SMARTS) is 1. The standard InChI is InChI=1S/C35H65O8P/c1-3-5-7-9-11-13-15-17-19-21-23-25-27-29-31(36)35(40,33(34(38)39)43-44(41)42)32(37)30-28-26-24-22-20-18-16-14-12-10-8-6-4-2/h33,40H,3-30H2,1-2H3,(H,38,39). The molecule has 0 amide bonds. The van der Waals surface area contributed by atoms with E-state index in [0.717, 1.165) is 38.5 Å². The van der Waals surface area contributed by atoms with Gasteiger partial charge in [-0.25, -0.2) is 4.79 Å². The molecule has 0 saturated heterocycles. The summed E-state index contributed by atoms with van der Waals surface area (Å²) in [6, 6.07) is 0. The molecule has 2 atom stereocenters. The maximum atomic E-state index is 13.1. The Kier molecular flexibility index (Phi) is 28.4. The number of rotatable bonds is 34. The van der Waals surface area contributed by atoms with E-state index in [1.165, 1.54) is 103 Å². The van der Waals surface area contributed by atoms with E-state index in [2.05, 4.69) is 18.4 Å². The molecule has 0 fully saturated rings. The number of carboxylic acids is 1. The Morgan fingerprint density at radius 2 is 0.818 bits per heavy atom. The van der Waals surface area contributed by atoms with E-state index in [4.69, 9.17) is 0 Å². The van der Waals surface area contributed by atoms with Crippen molar-refractivity contribution in [1.82, 2.24) is 0 Å². The number of ketones is 2. The van der Waals surface area contributed by atoms with E-state index in [1.807, 2.05) is 0 Å². The molecule has 2 unspecified atom stereocenters. The highest BCUT2D eigenvalue weighted by molar-refractivity contribution is 7.30. The van der Waals surface area contributed by atoms with Gasteiger partial charge in [0.15, 0.2) is 11.6 Å². The van der Waals surface area contributed by atoms with Gasteiger partial charge in [-0.05, 0) is 17.4 Å². The first-order valence-electron chi connectivity index (χ1n) is 18.0. The number of Topliss-reactive ketones (excluding diaryl/α,β-unsaturated/α-hetero) is 2. The minimum absolute atomic E-state index is 0.207. The van der Waals surface area contributed by atoms with Gasteiger partial charge in [0.05, 0.1) is 0 Å². The quantitative estimate of drug-likeness (QED) is 0.0401. The lowest BCUT2D eigenvalue weighted by Gasteiger charge is -2.28. The lowest BCUT2D eigenvalue weighted by atomic mass is 9.82. The maximum Gasteiger partial charge on any atom is 0.489 e. The second-order valence-electron chi connectivity index (χ2n) is 12.6. The highest BCUT2D eigenvalue weighted by atomic mass is 31.1. The van der Waals surface area contributed by atoms with Crippen LogP contribution in [0.5, 0.6) is 0 Å². The average molecular weight is 645 g/mol. The zero-order valence-corrected chi connectivity index (χ0v) is 29.1. The molecule has 258 valence electrons. The number of carbonyl (C=O) groups excluding carboxylic acids is 2. The van der Waals surface area contributed by atoms with Gasteiger partial charge in [-0.15, -0.1) is 4.52 Å². The molecule has 0 aliphatic rings. The van der Waals surface area contributed by atoms with Crippen LogP contribution < -0.4 is 4.89 Å². The number of carbonyl (C=O) groups is 3. The van der Waals surface area contributed by atoms with Crippen molar-refractivity contribution in [1.29, 1.82) is 0 Å². The fraction of sp³-hybridized carbons (Fsp3) is 0.914. The van der Waals surface area contributed by atoms with Crippen LogP contribution in [0.15, 0.2) is 0 Å². The predicted molar refractivity (Wildman–Crippen MR) is 176 cm³/mol. The summed E-state index contributed by atoms with van der Waals surface area (Å²) in [7, 11) is -3.70. The Bertz CT molecular complexity index is 715. The second kappa shape index (κ2) is 29.2. The second-order valence-corrected chi connectivity index (χ2v) is 13.3. The summed E-state index contributed by atoms with van der Waals surface area (Å²) in [5, 5.41) is 20.7. The Hall–Kier alpha value is -1.21. The molecule has 0 aliphatic heterocycles. The number of unbranched alkanes of at least 4 members (excludes halogenated alkanes) is 24. The minimum atomic E-state index is -3.70. The summed E-state index contributed by atoms with van der Waals surface area (Å²) in [6.07, 6.45) is 25.8. The van der Waals surface area contributed by atoms with Crippen LogP contribution >= 0.6 is 8.25 Å². The third-order valence-corrected chi connectivity index (χ3v) is 9.04. The van der Waals surface area contributed by atoms with Crippen LogP contribution in [-0.4, -0.2) is 39.5 Å². The molecule has 0 radical (unpaired) electrons. The first-order chi connectivity index (χ1) is 21.2. The lowest BCUT2D eigenvalue weighted by Crippen LogP contribution is -2.59. The predicted octanol–water partition coefficient (Wildman–Crippen LogP) is 9.31. The Labute approximate surface area is 269 Å². The molecule has 0 aromatic rings. The fourth-order valence-corrected chi connectivity index (χ4v) is 6.24. The van der Waals surface area contributed by atoms with Crippen molar-refractivity contribution in [2.24, 2.45) is 0 Å². The Morgan fingerprint density at radius 1 is 0.568 bits per heavy atom. The molecule has 9 heteroatoms. The molecule has 0 aromatic heterocycles. The van der Waals surface area contributed by atoms with E-state index in [-0.39, 0.29) is 12.8 Å². The van der Waals surface area contributed by atoms with Gasteiger partial charge in [0.25, 0.3) is 6.10 Å². The normalized spacial score (nSPS) is 12.8. The third kappa shape index (κ3) is 21.5. The first kappa shape index (κ1) is 42.8. The van der Waals surface area contributed by atoms with E-state index < -0.39 is 37.5 Å². The molecular weight excluding hydrogens is 579 g/mol. The van der Waals surface area contributed by atoms with Crippen LogP contribution in [0.1, 0.15) is 194 Å². The zero-order valence-electron chi connectivity index (χ0n) is 28.2. The molecule has 8 nitrogen and oxygen atoms in total. The number of hydrogen-bond acceptors (Lipinski definition) is 7. The Morgan fingerprint density at radius 3 is 1.05 bits per heavy atom. The minimum Gasteiger partial charge on any atom is -0.566 e. The van der Waals surface area contributed by atoms with Crippen LogP contribution in [0, 0.1) is 0 Å². The lowest BCUT2D eigenvalue weighted by molar-refractivity contribution is -0.203. The van der Waals surface area contributed by atoms with Gasteiger partial charge >= 0.3 is 14.2 Å². The van der Waals surface area contributed by atoms with Crippen LogP contribution in [0.3, 0.4) is 0 Å². The number of aliphatic hydroxyl groups is 1. The largest absolute Gasteiger partial charge is 0.566 e. The summed E-state index contributed by atoms with van der Waals surface area (Å²) in [4.78, 5) is 49.1. The molecule has 0 saturated carbocycles. The molecule has 44 heavy (non-hydrogen) atoms. The molecule has 0 rings (SSSR count). The van der Waals surface area contributed by atoms with Crippen molar-refractivity contribution in [2.45, 2.75) is 205 Å². The summed E-state index contributed by atoms with van der Waals surface area (Å²) in [6.45, 7) is 4.44. The topological polar surface area (TPSA) is 141 Å². The zero-order chi connectivity index (χ0) is 32.9. The highest BCUT2D eigenvalue weighted by Gasteiger charge is 2.56.